The van der Waals surface area contributed by atoms with Gasteiger partial charge in [0.2, 0.25) is 11.8 Å². The van der Waals surface area contributed by atoms with Crippen LogP contribution in [-0.4, -0.2) is 39.6 Å². The average molecular weight is 411 g/mol. The largest absolute Gasteiger partial charge is 0.342 e. The molecule has 0 aliphatic carbocycles. The second-order valence-electron chi connectivity index (χ2n) is 9.66. The van der Waals surface area contributed by atoms with Gasteiger partial charge in [-0.1, -0.05) is 46.8 Å². The molecule has 1 N–H and O–H groups in total. The van der Waals surface area contributed by atoms with Crippen molar-refractivity contribution in [1.82, 2.24) is 14.7 Å². The topological polar surface area (TPSA) is 67.2 Å². The van der Waals surface area contributed by atoms with Crippen molar-refractivity contribution in [2.24, 2.45) is 11.8 Å². The number of likely N-dealkylation sites (tertiary alicyclic amines) is 1. The van der Waals surface area contributed by atoms with Gasteiger partial charge < -0.3 is 10.2 Å². The van der Waals surface area contributed by atoms with Crippen LogP contribution in [0.4, 0.5) is 5.82 Å². The van der Waals surface area contributed by atoms with Gasteiger partial charge in [0.05, 0.1) is 11.4 Å². The molecular weight excluding hydrogens is 376 g/mol. The zero-order chi connectivity index (χ0) is 22.1. The van der Waals surface area contributed by atoms with E-state index < -0.39 is 0 Å². The molecule has 0 radical (unpaired) electrons. The number of aromatic nitrogens is 2. The highest BCUT2D eigenvalue weighted by atomic mass is 16.2. The maximum absolute atomic E-state index is 13.0. The number of nitrogens with zero attached hydrogens (tertiary/aromatic N) is 3. The van der Waals surface area contributed by atoms with E-state index in [2.05, 4.69) is 32.2 Å². The number of hydrogen-bond donors (Lipinski definition) is 1. The maximum atomic E-state index is 13.0. The van der Waals surface area contributed by atoms with Gasteiger partial charge in [0, 0.05) is 36.4 Å². The molecule has 2 aromatic rings. The van der Waals surface area contributed by atoms with Gasteiger partial charge in [-0.25, -0.2) is 4.68 Å². The molecule has 2 amide bonds. The van der Waals surface area contributed by atoms with E-state index in [0.717, 1.165) is 16.9 Å². The van der Waals surface area contributed by atoms with E-state index in [1.165, 1.54) is 0 Å². The fraction of sp³-hybridized carbons (Fsp3) is 0.542. The Morgan fingerprint density at radius 3 is 2.37 bits per heavy atom. The number of rotatable bonds is 4. The third-order valence-corrected chi connectivity index (χ3v) is 5.65. The normalized spacial score (nSPS) is 15.5. The molecule has 6 heteroatoms. The van der Waals surface area contributed by atoms with Crippen LogP contribution in [0.25, 0.3) is 5.69 Å². The van der Waals surface area contributed by atoms with E-state index in [1.807, 2.05) is 54.6 Å². The van der Waals surface area contributed by atoms with Gasteiger partial charge in [-0.15, -0.1) is 0 Å². The van der Waals surface area contributed by atoms with Crippen molar-refractivity contribution in [3.63, 3.8) is 0 Å². The van der Waals surface area contributed by atoms with Crippen LogP contribution in [0, 0.1) is 18.8 Å². The van der Waals surface area contributed by atoms with E-state index >= 15 is 0 Å². The molecule has 1 fully saturated rings. The van der Waals surface area contributed by atoms with E-state index in [1.54, 1.807) is 0 Å². The van der Waals surface area contributed by atoms with Gasteiger partial charge in [-0.2, -0.15) is 5.10 Å². The van der Waals surface area contributed by atoms with Gasteiger partial charge in [-0.3, -0.25) is 9.59 Å². The number of aryl methyl sites for hydroxylation is 1. The number of amides is 2. The van der Waals surface area contributed by atoms with Gasteiger partial charge in [0.15, 0.2) is 0 Å². The molecule has 0 bridgehead atoms. The van der Waals surface area contributed by atoms with Gasteiger partial charge in [-0.05, 0) is 37.5 Å². The van der Waals surface area contributed by atoms with Crippen molar-refractivity contribution in [2.75, 3.05) is 18.4 Å². The van der Waals surface area contributed by atoms with Crippen LogP contribution in [-0.2, 0) is 15.0 Å². The lowest BCUT2D eigenvalue weighted by atomic mass is 9.92. The summed E-state index contributed by atoms with van der Waals surface area (Å²) in [5, 5.41) is 7.91. The van der Waals surface area contributed by atoms with E-state index in [-0.39, 0.29) is 29.1 Å². The second-order valence-corrected chi connectivity index (χ2v) is 9.66. The summed E-state index contributed by atoms with van der Waals surface area (Å²) in [5.41, 5.74) is 2.87. The lowest BCUT2D eigenvalue weighted by Gasteiger charge is -2.32. The molecule has 2 heterocycles. The fourth-order valence-corrected chi connectivity index (χ4v) is 3.75. The molecule has 0 unspecified atom stereocenters. The third-order valence-electron chi connectivity index (χ3n) is 5.65. The highest BCUT2D eigenvalue weighted by Crippen LogP contribution is 2.28. The average Bonchev–Trinajstić information content (AvgIpc) is 3.11. The van der Waals surface area contributed by atoms with E-state index in [4.69, 9.17) is 5.10 Å². The first kappa shape index (κ1) is 22.1. The van der Waals surface area contributed by atoms with Crippen LogP contribution in [0.1, 0.15) is 58.7 Å². The van der Waals surface area contributed by atoms with Gasteiger partial charge in [0.25, 0.3) is 0 Å². The van der Waals surface area contributed by atoms with Crippen molar-refractivity contribution in [3.8, 4) is 5.69 Å². The standard InChI is InChI=1S/C24H34N4O2/c1-16(2)23(30)27-12-10-18(11-13-27)22(29)25-21-15-20(24(4,5)6)26-28(21)19-9-7-8-17(3)14-19/h7-9,14-16,18H,10-13H2,1-6H3,(H,25,29). The van der Waals surface area contributed by atoms with E-state index in [0.29, 0.717) is 31.7 Å². The SMILES string of the molecule is Cc1cccc(-n2nc(C(C)(C)C)cc2NC(=O)C2CCN(C(=O)C(C)C)CC2)c1. The van der Waals surface area contributed by atoms with Crippen LogP contribution in [0.3, 0.4) is 0 Å². The highest BCUT2D eigenvalue weighted by Gasteiger charge is 2.29. The molecule has 30 heavy (non-hydrogen) atoms. The number of anilines is 1. The first-order valence-electron chi connectivity index (χ1n) is 10.8. The Labute approximate surface area is 179 Å². The molecule has 1 aliphatic heterocycles. The molecule has 1 aliphatic rings. The highest BCUT2D eigenvalue weighted by molar-refractivity contribution is 5.92. The van der Waals surface area contributed by atoms with Crippen LogP contribution in [0.15, 0.2) is 30.3 Å². The smallest absolute Gasteiger partial charge is 0.228 e. The first-order chi connectivity index (χ1) is 14.1. The Bertz CT molecular complexity index is 916. The van der Waals surface area contributed by atoms with Gasteiger partial charge in [0.1, 0.15) is 5.82 Å². The lowest BCUT2D eigenvalue weighted by molar-refractivity contribution is -0.137. The van der Waals surface area contributed by atoms with Gasteiger partial charge >= 0.3 is 0 Å². The summed E-state index contributed by atoms with van der Waals surface area (Å²) in [6.45, 7) is 13.5. The number of nitrogens with one attached hydrogen (secondary N) is 1. The first-order valence-corrected chi connectivity index (χ1v) is 10.8. The monoisotopic (exact) mass is 410 g/mol. The molecule has 1 saturated heterocycles. The molecule has 1 aromatic heterocycles. The van der Waals surface area contributed by atoms with Crippen molar-refractivity contribution in [1.29, 1.82) is 0 Å². The quantitative estimate of drug-likeness (QED) is 0.817. The van der Waals surface area contributed by atoms with Crippen molar-refractivity contribution in [2.45, 2.75) is 59.8 Å². The predicted octanol–water partition coefficient (Wildman–Crippen LogP) is 4.31. The minimum absolute atomic E-state index is 0.000841. The molecule has 0 spiro atoms. The summed E-state index contributed by atoms with van der Waals surface area (Å²) in [6, 6.07) is 10.1. The summed E-state index contributed by atoms with van der Waals surface area (Å²) in [5.74, 6) is 0.758. The number of piperidine rings is 1. The second kappa shape index (κ2) is 8.62. The molecule has 3 rings (SSSR count). The predicted molar refractivity (Wildman–Crippen MR) is 120 cm³/mol. The Balaban J connectivity index is 1.78. The van der Waals surface area contributed by atoms with Crippen molar-refractivity contribution < 1.29 is 9.59 Å². The van der Waals surface area contributed by atoms with Crippen LogP contribution >= 0.6 is 0 Å². The Hall–Kier alpha value is -2.63. The van der Waals surface area contributed by atoms with Crippen LogP contribution in [0.2, 0.25) is 0 Å². The Kier molecular flexibility index (Phi) is 6.34. The van der Waals surface area contributed by atoms with Crippen LogP contribution in [0.5, 0.6) is 0 Å². The minimum Gasteiger partial charge on any atom is -0.342 e. The maximum Gasteiger partial charge on any atom is 0.228 e. The number of carbonyl (C=O) groups excluding carboxylic acids is 2. The zero-order valence-electron chi connectivity index (χ0n) is 19.0. The molecule has 0 saturated carbocycles. The summed E-state index contributed by atoms with van der Waals surface area (Å²) in [6.07, 6.45) is 1.38. The lowest BCUT2D eigenvalue weighted by Crippen LogP contribution is -2.43. The molecule has 162 valence electrons. The Morgan fingerprint density at radius 1 is 1.13 bits per heavy atom. The van der Waals surface area contributed by atoms with Crippen molar-refractivity contribution >= 4 is 17.6 Å². The minimum atomic E-state index is -0.128. The number of carbonyl (C=O) groups is 2. The Morgan fingerprint density at radius 2 is 1.80 bits per heavy atom. The molecular formula is C24H34N4O2. The zero-order valence-corrected chi connectivity index (χ0v) is 19.0. The molecule has 6 nitrogen and oxygen atoms in total. The number of benzene rings is 1. The summed E-state index contributed by atoms with van der Waals surface area (Å²) in [7, 11) is 0. The van der Waals surface area contributed by atoms with Crippen molar-refractivity contribution in [3.05, 3.63) is 41.6 Å². The summed E-state index contributed by atoms with van der Waals surface area (Å²) < 4.78 is 1.82. The molecule has 0 atom stereocenters. The number of hydrogen-bond acceptors (Lipinski definition) is 3. The van der Waals surface area contributed by atoms with Crippen LogP contribution < -0.4 is 5.32 Å². The fourth-order valence-electron chi connectivity index (χ4n) is 3.75. The summed E-state index contributed by atoms with van der Waals surface area (Å²) >= 11 is 0. The molecule has 1 aromatic carbocycles. The summed E-state index contributed by atoms with van der Waals surface area (Å²) in [4.78, 5) is 27.1. The third kappa shape index (κ3) is 4.91. The van der Waals surface area contributed by atoms with E-state index in [9.17, 15) is 9.59 Å².